The van der Waals surface area contributed by atoms with Crippen molar-refractivity contribution < 1.29 is 0 Å². The average Bonchev–Trinajstić information content (AvgIpc) is 2.13. The van der Waals surface area contributed by atoms with E-state index in [-0.39, 0.29) is 0 Å². The lowest BCUT2D eigenvalue weighted by Gasteiger charge is -2.24. The molecule has 2 unspecified atom stereocenters. The van der Waals surface area contributed by atoms with Crippen LogP contribution < -0.4 is 0 Å². The number of hydrogen-bond acceptors (Lipinski definition) is 0. The van der Waals surface area contributed by atoms with Crippen LogP contribution in [0.25, 0.3) is 0 Å². The minimum Gasteiger partial charge on any atom is -0.0654 e. The van der Waals surface area contributed by atoms with Crippen LogP contribution in [0.15, 0.2) is 0 Å². The summed E-state index contributed by atoms with van der Waals surface area (Å²) >= 11 is 0. The summed E-state index contributed by atoms with van der Waals surface area (Å²) in [5.74, 6) is 1.82. The summed E-state index contributed by atoms with van der Waals surface area (Å²) in [6, 6.07) is 0. The van der Waals surface area contributed by atoms with Crippen molar-refractivity contribution in [1.82, 2.24) is 0 Å². The van der Waals surface area contributed by atoms with Crippen LogP contribution >= 0.6 is 0 Å². The van der Waals surface area contributed by atoms with E-state index in [1.807, 2.05) is 0 Å². The second-order valence-corrected chi connectivity index (χ2v) is 6.55. The lowest BCUT2D eigenvalue weighted by Crippen LogP contribution is -2.13. The highest BCUT2D eigenvalue weighted by Crippen LogP contribution is 2.28. The molecule has 0 aliphatic carbocycles. The summed E-state index contributed by atoms with van der Waals surface area (Å²) in [5, 5.41) is 0. The highest BCUT2D eigenvalue weighted by molar-refractivity contribution is 4.68. The minimum atomic E-state index is 0.511. The van der Waals surface area contributed by atoms with Gasteiger partial charge in [-0.25, -0.2) is 0 Å². The molecule has 15 heavy (non-hydrogen) atoms. The third-order valence-electron chi connectivity index (χ3n) is 3.58. The lowest BCUT2D eigenvalue weighted by atomic mass is 9.81. The molecule has 0 nitrogen and oxygen atoms in total. The molecule has 0 N–H and O–H groups in total. The van der Waals surface area contributed by atoms with Crippen LogP contribution in [0.5, 0.6) is 0 Å². The van der Waals surface area contributed by atoms with Gasteiger partial charge in [0.25, 0.3) is 0 Å². The van der Waals surface area contributed by atoms with Crippen molar-refractivity contribution in [2.45, 2.75) is 80.1 Å². The summed E-state index contributed by atoms with van der Waals surface area (Å²) in [7, 11) is 0. The smallest absolute Gasteiger partial charge is 0.0383 e. The largest absolute Gasteiger partial charge is 0.0654 e. The highest BCUT2D eigenvalue weighted by Gasteiger charge is 2.16. The fourth-order valence-electron chi connectivity index (χ4n) is 1.95. The van der Waals surface area contributed by atoms with Gasteiger partial charge in [0.05, 0.1) is 0 Å². The molecule has 0 amide bonds. The second kappa shape index (κ2) is 7.30. The van der Waals surface area contributed by atoms with Crippen LogP contribution in [-0.4, -0.2) is 0 Å². The van der Waals surface area contributed by atoms with Gasteiger partial charge in [-0.15, -0.1) is 0 Å². The van der Waals surface area contributed by atoms with Crippen molar-refractivity contribution in [3.8, 4) is 0 Å². The van der Waals surface area contributed by atoms with Crippen LogP contribution in [-0.2, 0) is 0 Å². The normalized spacial score (nSPS) is 16.4. The molecule has 0 fully saturated rings. The van der Waals surface area contributed by atoms with Crippen molar-refractivity contribution in [2.75, 3.05) is 0 Å². The Labute approximate surface area is 97.8 Å². The van der Waals surface area contributed by atoms with Gasteiger partial charge in [-0.05, 0) is 30.1 Å². The maximum absolute atomic E-state index is 2.43. The molecule has 0 heteroatoms. The summed E-state index contributed by atoms with van der Waals surface area (Å²) in [5.41, 5.74) is 0.511. The monoisotopic (exact) mass is 212 g/mol. The fourth-order valence-corrected chi connectivity index (χ4v) is 1.95. The Hall–Kier alpha value is 0. The molecule has 0 heterocycles. The fraction of sp³-hybridized carbons (Fsp3) is 1.00. The van der Waals surface area contributed by atoms with Gasteiger partial charge in [-0.3, -0.25) is 0 Å². The first-order valence-electron chi connectivity index (χ1n) is 6.87. The van der Waals surface area contributed by atoms with E-state index in [9.17, 15) is 0 Å². The zero-order valence-corrected chi connectivity index (χ0v) is 11.9. The van der Waals surface area contributed by atoms with E-state index in [1.54, 1.807) is 0 Å². The predicted octanol–water partition coefficient (Wildman–Crippen LogP) is 5.67. The van der Waals surface area contributed by atoms with Gasteiger partial charge in [0, 0.05) is 0 Å². The van der Waals surface area contributed by atoms with E-state index in [0.29, 0.717) is 5.41 Å². The number of hydrogen-bond donors (Lipinski definition) is 0. The Morgan fingerprint density at radius 1 is 0.867 bits per heavy atom. The Balaban J connectivity index is 3.64. The van der Waals surface area contributed by atoms with Gasteiger partial charge in [-0.2, -0.15) is 0 Å². The zero-order chi connectivity index (χ0) is 11.9. The molecular weight excluding hydrogens is 180 g/mol. The quantitative estimate of drug-likeness (QED) is 0.477. The first kappa shape index (κ1) is 15.0. The molecule has 0 aromatic carbocycles. The maximum atomic E-state index is 2.43. The van der Waals surface area contributed by atoms with E-state index in [4.69, 9.17) is 0 Å². The van der Waals surface area contributed by atoms with Crippen molar-refractivity contribution in [3.05, 3.63) is 0 Å². The van der Waals surface area contributed by atoms with Gasteiger partial charge < -0.3 is 0 Å². The first-order chi connectivity index (χ1) is 6.87. The zero-order valence-electron chi connectivity index (χ0n) is 11.9. The number of unbranched alkanes of at least 4 members (excludes halogenated alkanes) is 2. The molecule has 0 radical (unpaired) electrons. The standard InChI is InChI=1S/C15H32/c1-7-8-9-10-13(2)14(3)11-12-15(4,5)6/h13-14H,7-12H2,1-6H3. The third kappa shape index (κ3) is 8.96. The van der Waals surface area contributed by atoms with Crippen LogP contribution in [0.1, 0.15) is 80.1 Å². The molecule has 0 rings (SSSR count). The summed E-state index contributed by atoms with van der Waals surface area (Å²) in [6.45, 7) is 14.2. The van der Waals surface area contributed by atoms with E-state index >= 15 is 0 Å². The van der Waals surface area contributed by atoms with Gasteiger partial charge in [0.1, 0.15) is 0 Å². The Morgan fingerprint density at radius 2 is 1.40 bits per heavy atom. The number of rotatable bonds is 7. The molecule has 0 spiro atoms. The van der Waals surface area contributed by atoms with E-state index in [1.165, 1.54) is 38.5 Å². The first-order valence-corrected chi connectivity index (χ1v) is 6.87. The molecular formula is C15H32. The summed E-state index contributed by atoms with van der Waals surface area (Å²) in [4.78, 5) is 0. The summed E-state index contributed by atoms with van der Waals surface area (Å²) in [6.07, 6.45) is 8.39. The molecule has 0 aromatic heterocycles. The van der Waals surface area contributed by atoms with Crippen molar-refractivity contribution >= 4 is 0 Å². The Kier molecular flexibility index (Phi) is 7.30. The Bertz CT molecular complexity index is 141. The predicted molar refractivity (Wildman–Crippen MR) is 71.2 cm³/mol. The van der Waals surface area contributed by atoms with Gasteiger partial charge in [0.2, 0.25) is 0 Å². The SMILES string of the molecule is CCCCCC(C)C(C)CCC(C)(C)C. The van der Waals surface area contributed by atoms with Crippen molar-refractivity contribution in [3.63, 3.8) is 0 Å². The molecule has 92 valence electrons. The third-order valence-corrected chi connectivity index (χ3v) is 3.58. The minimum absolute atomic E-state index is 0.511. The van der Waals surface area contributed by atoms with Crippen LogP contribution in [0.3, 0.4) is 0 Å². The van der Waals surface area contributed by atoms with Gasteiger partial charge in [-0.1, -0.05) is 67.2 Å². The summed E-state index contributed by atoms with van der Waals surface area (Å²) < 4.78 is 0. The van der Waals surface area contributed by atoms with Crippen molar-refractivity contribution in [1.29, 1.82) is 0 Å². The lowest BCUT2D eigenvalue weighted by molar-refractivity contribution is 0.272. The van der Waals surface area contributed by atoms with E-state index in [2.05, 4.69) is 41.5 Å². The van der Waals surface area contributed by atoms with E-state index < -0.39 is 0 Å². The van der Waals surface area contributed by atoms with Gasteiger partial charge in [0.15, 0.2) is 0 Å². The van der Waals surface area contributed by atoms with Crippen molar-refractivity contribution in [2.24, 2.45) is 17.3 Å². The molecule has 0 aliphatic heterocycles. The maximum Gasteiger partial charge on any atom is -0.0383 e. The van der Waals surface area contributed by atoms with Crippen LogP contribution in [0.4, 0.5) is 0 Å². The average molecular weight is 212 g/mol. The second-order valence-electron chi connectivity index (χ2n) is 6.55. The van der Waals surface area contributed by atoms with E-state index in [0.717, 1.165) is 11.8 Å². The van der Waals surface area contributed by atoms with Crippen LogP contribution in [0.2, 0.25) is 0 Å². The molecule has 2 atom stereocenters. The topological polar surface area (TPSA) is 0 Å². The molecule has 0 saturated heterocycles. The van der Waals surface area contributed by atoms with Gasteiger partial charge >= 0.3 is 0 Å². The highest BCUT2D eigenvalue weighted by atomic mass is 14.2. The molecule has 0 aliphatic rings. The molecule has 0 aromatic rings. The molecule has 0 saturated carbocycles. The Morgan fingerprint density at radius 3 is 1.87 bits per heavy atom. The molecule has 0 bridgehead atoms. The van der Waals surface area contributed by atoms with Crippen LogP contribution in [0, 0.1) is 17.3 Å².